The van der Waals surface area contributed by atoms with Crippen LogP contribution >= 0.6 is 12.4 Å². The van der Waals surface area contributed by atoms with Crippen molar-refractivity contribution in [2.45, 2.75) is 23.8 Å². The summed E-state index contributed by atoms with van der Waals surface area (Å²) < 4.78 is 28.1. The van der Waals surface area contributed by atoms with Crippen molar-refractivity contribution in [2.75, 3.05) is 12.8 Å². The summed E-state index contributed by atoms with van der Waals surface area (Å²) in [7, 11) is -3.18. The van der Waals surface area contributed by atoms with Gasteiger partial charge >= 0.3 is 0 Å². The number of sulfone groups is 1. The van der Waals surface area contributed by atoms with Crippen molar-refractivity contribution in [1.29, 1.82) is 0 Å². The van der Waals surface area contributed by atoms with Gasteiger partial charge in [-0.15, -0.1) is 12.4 Å². The molecule has 1 N–H and O–H groups in total. The van der Waals surface area contributed by atoms with E-state index < -0.39 is 9.84 Å². The molecule has 0 saturated carbocycles. The summed E-state index contributed by atoms with van der Waals surface area (Å²) in [6, 6.07) is 6.61. The van der Waals surface area contributed by atoms with Crippen molar-refractivity contribution in [3.63, 3.8) is 0 Å². The van der Waals surface area contributed by atoms with Crippen LogP contribution in [0.15, 0.2) is 33.7 Å². The summed E-state index contributed by atoms with van der Waals surface area (Å²) in [5.74, 6) is 1.07. The number of aromatic nitrogens is 2. The maximum atomic E-state index is 11.4. The van der Waals surface area contributed by atoms with Crippen LogP contribution in [0, 0.1) is 0 Å². The molecule has 21 heavy (non-hydrogen) atoms. The Labute approximate surface area is 129 Å². The van der Waals surface area contributed by atoms with Crippen LogP contribution in [-0.2, 0) is 9.84 Å². The van der Waals surface area contributed by atoms with Crippen LogP contribution in [0.4, 0.5) is 0 Å². The molecule has 0 aliphatic carbocycles. The van der Waals surface area contributed by atoms with Crippen LogP contribution in [0.1, 0.15) is 24.8 Å². The van der Waals surface area contributed by atoms with Crippen LogP contribution in [0.3, 0.4) is 0 Å². The number of nitrogens with one attached hydrogen (secondary N) is 1. The fraction of sp³-hybridized carbons (Fsp3) is 0.385. The van der Waals surface area contributed by atoms with Crippen molar-refractivity contribution >= 4 is 22.2 Å². The molecule has 6 nitrogen and oxygen atoms in total. The molecule has 0 radical (unpaired) electrons. The Hall–Kier alpha value is -1.44. The highest BCUT2D eigenvalue weighted by atomic mass is 35.5. The highest BCUT2D eigenvalue weighted by Crippen LogP contribution is 2.24. The van der Waals surface area contributed by atoms with E-state index in [2.05, 4.69) is 15.5 Å². The van der Waals surface area contributed by atoms with E-state index in [0.29, 0.717) is 11.7 Å². The van der Waals surface area contributed by atoms with E-state index in [-0.39, 0.29) is 23.3 Å². The molecule has 114 valence electrons. The van der Waals surface area contributed by atoms with E-state index in [1.807, 2.05) is 0 Å². The third-order valence-corrected chi connectivity index (χ3v) is 4.47. The Morgan fingerprint density at radius 1 is 1.29 bits per heavy atom. The molecule has 8 heteroatoms. The third kappa shape index (κ3) is 3.42. The zero-order chi connectivity index (χ0) is 14.2. The smallest absolute Gasteiger partial charge is 0.244 e. The van der Waals surface area contributed by atoms with Crippen LogP contribution in [0.5, 0.6) is 0 Å². The minimum atomic E-state index is -3.18. The highest BCUT2D eigenvalue weighted by Gasteiger charge is 2.22. The zero-order valence-corrected chi connectivity index (χ0v) is 13.1. The van der Waals surface area contributed by atoms with Crippen LogP contribution in [0.25, 0.3) is 11.4 Å². The van der Waals surface area contributed by atoms with E-state index >= 15 is 0 Å². The highest BCUT2D eigenvalue weighted by molar-refractivity contribution is 7.90. The van der Waals surface area contributed by atoms with Gasteiger partial charge in [0.2, 0.25) is 11.7 Å². The zero-order valence-electron chi connectivity index (χ0n) is 11.4. The second-order valence-corrected chi connectivity index (χ2v) is 6.92. The van der Waals surface area contributed by atoms with E-state index in [1.54, 1.807) is 24.3 Å². The monoisotopic (exact) mass is 329 g/mol. The molecule has 2 aromatic rings. The van der Waals surface area contributed by atoms with Gasteiger partial charge < -0.3 is 9.84 Å². The van der Waals surface area contributed by atoms with E-state index in [0.717, 1.165) is 24.9 Å². The molecule has 1 fully saturated rings. The lowest BCUT2D eigenvalue weighted by molar-refractivity contribution is 0.345. The van der Waals surface area contributed by atoms with Crippen molar-refractivity contribution in [3.8, 4) is 11.4 Å². The van der Waals surface area contributed by atoms with Gasteiger partial charge in [0.05, 0.1) is 10.9 Å². The molecule has 0 spiro atoms. The topological polar surface area (TPSA) is 85.1 Å². The fourth-order valence-electron chi connectivity index (χ4n) is 2.24. The Morgan fingerprint density at radius 3 is 2.57 bits per heavy atom. The lowest BCUT2D eigenvalue weighted by atomic mass is 10.2. The van der Waals surface area contributed by atoms with Gasteiger partial charge in [0.25, 0.3) is 0 Å². The summed E-state index contributed by atoms with van der Waals surface area (Å²) >= 11 is 0. The summed E-state index contributed by atoms with van der Waals surface area (Å²) in [6.07, 6.45) is 3.28. The molecule has 1 aliphatic rings. The second-order valence-electron chi connectivity index (χ2n) is 4.90. The summed E-state index contributed by atoms with van der Waals surface area (Å²) in [5, 5.41) is 7.24. The first kappa shape index (κ1) is 15.9. The largest absolute Gasteiger partial charge is 0.337 e. The standard InChI is InChI=1S/C13H15N3O3S.ClH/c1-20(17,18)10-6-4-9(5-7-10)12-15-13(19-16-12)11-3-2-8-14-11;/h4-7,11,14H,2-3,8H2,1H3;1H. The Bertz CT molecular complexity index is 707. The van der Waals surface area contributed by atoms with Crippen molar-refractivity contribution < 1.29 is 12.9 Å². The van der Waals surface area contributed by atoms with Crippen LogP contribution in [0.2, 0.25) is 0 Å². The van der Waals surface area contributed by atoms with Crippen molar-refractivity contribution in [1.82, 2.24) is 15.5 Å². The summed E-state index contributed by atoms with van der Waals surface area (Å²) in [6.45, 7) is 0.964. The van der Waals surface area contributed by atoms with Crippen LogP contribution in [-0.4, -0.2) is 31.4 Å². The Balaban J connectivity index is 0.00000161. The number of benzene rings is 1. The molecule has 0 amide bonds. The van der Waals surface area contributed by atoms with Crippen molar-refractivity contribution in [3.05, 3.63) is 30.2 Å². The van der Waals surface area contributed by atoms with Gasteiger partial charge in [0.1, 0.15) is 0 Å². The van der Waals surface area contributed by atoms with Gasteiger partial charge in [0.15, 0.2) is 9.84 Å². The predicted molar refractivity (Wildman–Crippen MR) is 80.1 cm³/mol. The summed E-state index contributed by atoms with van der Waals surface area (Å²) in [4.78, 5) is 4.64. The lowest BCUT2D eigenvalue weighted by Gasteiger charge is -2.01. The Morgan fingerprint density at radius 2 is 2.00 bits per heavy atom. The maximum Gasteiger partial charge on any atom is 0.244 e. The maximum absolute atomic E-state index is 11.4. The Kier molecular flexibility index (Phi) is 4.65. The van der Waals surface area contributed by atoms with Crippen molar-refractivity contribution in [2.24, 2.45) is 0 Å². The molecular weight excluding hydrogens is 314 g/mol. The van der Waals surface area contributed by atoms with Gasteiger partial charge in [-0.2, -0.15) is 4.98 Å². The van der Waals surface area contributed by atoms with Gasteiger partial charge in [-0.05, 0) is 43.7 Å². The van der Waals surface area contributed by atoms with E-state index in [4.69, 9.17) is 4.52 Å². The molecule has 3 rings (SSSR count). The van der Waals surface area contributed by atoms with Gasteiger partial charge in [0, 0.05) is 11.8 Å². The van der Waals surface area contributed by atoms with Crippen LogP contribution < -0.4 is 5.32 Å². The first-order chi connectivity index (χ1) is 9.54. The number of hydrogen-bond donors (Lipinski definition) is 1. The first-order valence-corrected chi connectivity index (χ1v) is 8.31. The minimum Gasteiger partial charge on any atom is -0.337 e. The minimum absolute atomic E-state index is 0. The van der Waals surface area contributed by atoms with Gasteiger partial charge in [-0.3, -0.25) is 0 Å². The summed E-state index contributed by atoms with van der Waals surface area (Å²) in [5.41, 5.74) is 0.741. The van der Waals surface area contributed by atoms with Gasteiger partial charge in [-0.1, -0.05) is 5.16 Å². The van der Waals surface area contributed by atoms with E-state index in [1.165, 1.54) is 6.26 Å². The lowest BCUT2D eigenvalue weighted by Crippen LogP contribution is -2.12. The number of nitrogens with zero attached hydrogens (tertiary/aromatic N) is 2. The molecule has 2 heterocycles. The average molecular weight is 330 g/mol. The molecular formula is C13H16ClN3O3S. The number of halogens is 1. The third-order valence-electron chi connectivity index (χ3n) is 3.34. The second kappa shape index (κ2) is 6.13. The molecule has 1 atom stereocenters. The first-order valence-electron chi connectivity index (χ1n) is 6.41. The number of rotatable bonds is 3. The normalized spacial score (nSPS) is 18.4. The van der Waals surface area contributed by atoms with E-state index in [9.17, 15) is 8.42 Å². The molecule has 1 aliphatic heterocycles. The quantitative estimate of drug-likeness (QED) is 0.926. The molecule has 1 aromatic carbocycles. The van der Waals surface area contributed by atoms with Gasteiger partial charge in [-0.25, -0.2) is 8.42 Å². The predicted octanol–water partition coefficient (Wildman–Crippen LogP) is 1.99. The average Bonchev–Trinajstić information content (AvgIpc) is 3.09. The molecule has 1 aromatic heterocycles. The molecule has 1 unspecified atom stereocenters. The number of hydrogen-bond acceptors (Lipinski definition) is 6. The fourth-order valence-corrected chi connectivity index (χ4v) is 2.87. The molecule has 1 saturated heterocycles. The molecule has 0 bridgehead atoms. The SMILES string of the molecule is CS(=O)(=O)c1ccc(-c2noc(C3CCCN3)n2)cc1.Cl.